The summed E-state index contributed by atoms with van der Waals surface area (Å²) in [7, 11) is 1.74. The number of aryl methyl sites for hydroxylation is 1. The van der Waals surface area contributed by atoms with Crippen molar-refractivity contribution in [3.05, 3.63) is 66.2 Å². The van der Waals surface area contributed by atoms with Gasteiger partial charge in [-0.05, 0) is 43.3 Å². The van der Waals surface area contributed by atoms with Crippen molar-refractivity contribution in [3.8, 4) is 23.0 Å². The van der Waals surface area contributed by atoms with Gasteiger partial charge in [0.1, 0.15) is 29.5 Å². The molecule has 3 aromatic carbocycles. The smallest absolute Gasteiger partial charge is 0.264 e. The minimum Gasteiger partial charge on any atom is -0.497 e. The molecule has 0 aliphatic heterocycles. The highest BCUT2D eigenvalue weighted by Crippen LogP contribution is 2.36. The second-order valence-electron chi connectivity index (χ2n) is 7.48. The Morgan fingerprint density at radius 1 is 0.800 bits per heavy atom. The highest BCUT2D eigenvalue weighted by molar-refractivity contribution is 7.92. The second kappa shape index (κ2) is 11.0. The van der Waals surface area contributed by atoms with Crippen LogP contribution < -0.4 is 28.6 Å². The average Bonchev–Trinajstić information content (AvgIpc) is 2.87. The zero-order valence-corrected chi connectivity index (χ0v) is 21.0. The molecule has 35 heavy (non-hydrogen) atoms. The van der Waals surface area contributed by atoms with Crippen molar-refractivity contribution in [1.82, 2.24) is 0 Å². The number of amides is 1. The first kappa shape index (κ1) is 25.7. The summed E-state index contributed by atoms with van der Waals surface area (Å²) < 4.78 is 49.5. The molecule has 0 atom stereocenters. The fourth-order valence-electron chi connectivity index (χ4n) is 3.35. The Kier molecular flexibility index (Phi) is 8.08. The standard InChI is InChI=1S/C25H28N2O7S/c1-17-6-10-20(11-7-17)35(29,30)27(22-13-9-19(32-3)15-24(22)34-5)16-25(28)26-21-12-8-18(31-2)14-23(21)33-4/h6-15H,16H2,1-5H3,(H,26,28). The summed E-state index contributed by atoms with van der Waals surface area (Å²) in [5.41, 5.74) is 1.46. The van der Waals surface area contributed by atoms with Gasteiger partial charge >= 0.3 is 0 Å². The predicted octanol–water partition coefficient (Wildman–Crippen LogP) is 3.86. The molecule has 186 valence electrons. The van der Waals surface area contributed by atoms with Crippen LogP contribution in [0, 0.1) is 6.92 Å². The van der Waals surface area contributed by atoms with Crippen molar-refractivity contribution in [2.75, 3.05) is 44.6 Å². The lowest BCUT2D eigenvalue weighted by Crippen LogP contribution is -2.38. The number of ether oxygens (including phenoxy) is 4. The van der Waals surface area contributed by atoms with Gasteiger partial charge in [0.25, 0.3) is 10.0 Å². The van der Waals surface area contributed by atoms with Gasteiger partial charge < -0.3 is 24.3 Å². The van der Waals surface area contributed by atoms with E-state index >= 15 is 0 Å². The first-order valence-corrected chi connectivity index (χ1v) is 12.0. The zero-order chi connectivity index (χ0) is 25.6. The van der Waals surface area contributed by atoms with Crippen LogP contribution in [0.4, 0.5) is 11.4 Å². The van der Waals surface area contributed by atoms with Gasteiger partial charge in [-0.25, -0.2) is 8.42 Å². The summed E-state index contributed by atoms with van der Waals surface area (Å²) in [6.45, 7) is 1.34. The molecule has 0 aliphatic carbocycles. The van der Waals surface area contributed by atoms with Crippen molar-refractivity contribution in [1.29, 1.82) is 0 Å². The van der Waals surface area contributed by atoms with Crippen molar-refractivity contribution >= 4 is 27.3 Å². The summed E-state index contributed by atoms with van der Waals surface area (Å²) in [6.07, 6.45) is 0. The van der Waals surface area contributed by atoms with E-state index in [0.717, 1.165) is 9.87 Å². The van der Waals surface area contributed by atoms with Crippen LogP contribution >= 0.6 is 0 Å². The zero-order valence-electron chi connectivity index (χ0n) is 20.2. The lowest BCUT2D eigenvalue weighted by atomic mass is 10.2. The van der Waals surface area contributed by atoms with E-state index in [9.17, 15) is 13.2 Å². The number of anilines is 2. The van der Waals surface area contributed by atoms with Gasteiger partial charge in [0, 0.05) is 12.1 Å². The molecule has 9 nitrogen and oxygen atoms in total. The molecule has 0 spiro atoms. The molecule has 0 fully saturated rings. The summed E-state index contributed by atoms with van der Waals surface area (Å²) in [4.78, 5) is 13.1. The molecular formula is C25H28N2O7S. The SMILES string of the molecule is COc1ccc(NC(=O)CN(c2ccc(OC)cc2OC)S(=O)(=O)c2ccc(C)cc2)c(OC)c1. The number of sulfonamides is 1. The molecule has 0 bridgehead atoms. The van der Waals surface area contributed by atoms with Crippen molar-refractivity contribution in [2.45, 2.75) is 11.8 Å². The number of carbonyl (C=O) groups is 1. The van der Waals surface area contributed by atoms with E-state index < -0.39 is 22.5 Å². The number of carbonyl (C=O) groups excluding carboxylic acids is 1. The quantitative estimate of drug-likeness (QED) is 0.451. The number of nitrogens with one attached hydrogen (secondary N) is 1. The molecule has 1 amide bonds. The van der Waals surface area contributed by atoms with Crippen LogP contribution in [-0.2, 0) is 14.8 Å². The summed E-state index contributed by atoms with van der Waals surface area (Å²) >= 11 is 0. The fraction of sp³-hybridized carbons (Fsp3) is 0.240. The Balaban J connectivity index is 2.02. The topological polar surface area (TPSA) is 103 Å². The maximum atomic E-state index is 13.7. The van der Waals surface area contributed by atoms with Gasteiger partial charge in [0.2, 0.25) is 5.91 Å². The Hall–Kier alpha value is -3.92. The van der Waals surface area contributed by atoms with Crippen LogP contribution in [0.1, 0.15) is 5.56 Å². The fourth-order valence-corrected chi connectivity index (χ4v) is 4.78. The molecule has 0 radical (unpaired) electrons. The summed E-state index contributed by atoms with van der Waals surface area (Å²) in [5, 5.41) is 2.71. The summed E-state index contributed by atoms with van der Waals surface area (Å²) in [6, 6.07) is 16.0. The molecule has 1 N–H and O–H groups in total. The van der Waals surface area contributed by atoms with E-state index in [2.05, 4.69) is 5.32 Å². The minimum atomic E-state index is -4.14. The van der Waals surface area contributed by atoms with E-state index in [4.69, 9.17) is 18.9 Å². The third kappa shape index (κ3) is 5.78. The van der Waals surface area contributed by atoms with E-state index in [1.54, 1.807) is 42.5 Å². The lowest BCUT2D eigenvalue weighted by Gasteiger charge is -2.26. The third-order valence-electron chi connectivity index (χ3n) is 5.23. The average molecular weight is 501 g/mol. The summed E-state index contributed by atoms with van der Waals surface area (Å²) in [5.74, 6) is 1.04. The van der Waals surface area contributed by atoms with Crippen molar-refractivity contribution < 1.29 is 32.2 Å². The number of benzene rings is 3. The Bertz CT molecular complexity index is 1290. The van der Waals surface area contributed by atoms with Crippen molar-refractivity contribution in [2.24, 2.45) is 0 Å². The Morgan fingerprint density at radius 2 is 1.37 bits per heavy atom. The monoisotopic (exact) mass is 500 g/mol. The van der Waals surface area contributed by atoms with Gasteiger partial charge in [0.05, 0.1) is 44.7 Å². The normalized spacial score (nSPS) is 10.9. The van der Waals surface area contributed by atoms with Gasteiger partial charge in [0.15, 0.2) is 0 Å². The van der Waals surface area contributed by atoms with Gasteiger partial charge in [-0.3, -0.25) is 9.10 Å². The number of rotatable bonds is 10. The lowest BCUT2D eigenvalue weighted by molar-refractivity contribution is -0.114. The molecule has 0 saturated heterocycles. The molecule has 3 rings (SSSR count). The van der Waals surface area contributed by atoms with Crippen LogP contribution in [0.5, 0.6) is 23.0 Å². The third-order valence-corrected chi connectivity index (χ3v) is 7.01. The van der Waals surface area contributed by atoms with E-state index in [1.807, 2.05) is 6.92 Å². The highest BCUT2D eigenvalue weighted by Gasteiger charge is 2.30. The Labute approximate surface area is 205 Å². The van der Waals surface area contributed by atoms with Gasteiger partial charge in [-0.1, -0.05) is 17.7 Å². The molecule has 0 aromatic heterocycles. The molecule has 3 aromatic rings. The predicted molar refractivity (Wildman–Crippen MR) is 133 cm³/mol. The first-order chi connectivity index (χ1) is 16.7. The molecule has 0 unspecified atom stereocenters. The van der Waals surface area contributed by atoms with Gasteiger partial charge in [-0.15, -0.1) is 0 Å². The van der Waals surface area contributed by atoms with Crippen LogP contribution in [0.15, 0.2) is 65.6 Å². The van der Waals surface area contributed by atoms with Crippen LogP contribution in [0.2, 0.25) is 0 Å². The number of hydrogen-bond donors (Lipinski definition) is 1. The molecule has 0 heterocycles. The second-order valence-corrected chi connectivity index (χ2v) is 9.34. The number of methoxy groups -OCH3 is 4. The van der Waals surface area contributed by atoms with Crippen LogP contribution in [-0.4, -0.2) is 49.3 Å². The molecular weight excluding hydrogens is 472 g/mol. The van der Waals surface area contributed by atoms with E-state index in [1.165, 1.54) is 46.6 Å². The minimum absolute atomic E-state index is 0.0378. The highest BCUT2D eigenvalue weighted by atomic mass is 32.2. The Morgan fingerprint density at radius 3 is 1.94 bits per heavy atom. The molecule has 10 heteroatoms. The number of nitrogens with zero attached hydrogens (tertiary/aromatic N) is 1. The van der Waals surface area contributed by atoms with Gasteiger partial charge in [-0.2, -0.15) is 0 Å². The molecule has 0 aliphatic rings. The van der Waals surface area contributed by atoms with Crippen LogP contribution in [0.25, 0.3) is 0 Å². The number of hydrogen-bond acceptors (Lipinski definition) is 7. The first-order valence-electron chi connectivity index (χ1n) is 10.6. The maximum Gasteiger partial charge on any atom is 0.264 e. The van der Waals surface area contributed by atoms with E-state index in [0.29, 0.717) is 22.9 Å². The van der Waals surface area contributed by atoms with Crippen LogP contribution in [0.3, 0.4) is 0 Å². The maximum absolute atomic E-state index is 13.7. The largest absolute Gasteiger partial charge is 0.497 e. The van der Waals surface area contributed by atoms with E-state index in [-0.39, 0.29) is 16.3 Å². The van der Waals surface area contributed by atoms with Crippen molar-refractivity contribution in [3.63, 3.8) is 0 Å². The molecule has 0 saturated carbocycles.